The molecule has 2 rings (SSSR count). The molecule has 0 bridgehead atoms. The van der Waals surface area contributed by atoms with Crippen LogP contribution >= 0.6 is 27.7 Å². The summed E-state index contributed by atoms with van der Waals surface area (Å²) in [5, 5.41) is 0. The summed E-state index contributed by atoms with van der Waals surface area (Å²) in [7, 11) is 0. The lowest BCUT2D eigenvalue weighted by molar-refractivity contribution is 0.295. The first-order chi connectivity index (χ1) is 6.25. The molecule has 4 heteroatoms. The van der Waals surface area contributed by atoms with Crippen molar-refractivity contribution >= 4 is 27.7 Å². The number of hydrogen-bond donors (Lipinski definition) is 1. The Hall–Kier alpha value is -0.190. The van der Waals surface area contributed by atoms with E-state index in [0.29, 0.717) is 6.61 Å². The van der Waals surface area contributed by atoms with Gasteiger partial charge in [0.15, 0.2) is 0 Å². The molecule has 0 radical (unpaired) electrons. The van der Waals surface area contributed by atoms with Crippen LogP contribution in [0.25, 0.3) is 0 Å². The second kappa shape index (κ2) is 3.90. The predicted octanol–water partition coefficient (Wildman–Crippen LogP) is 2.26. The molecule has 1 atom stereocenters. The van der Waals surface area contributed by atoms with E-state index < -0.39 is 0 Å². The van der Waals surface area contributed by atoms with Gasteiger partial charge in [0.05, 0.1) is 4.90 Å². The first kappa shape index (κ1) is 9.37. The number of hydrogen-bond acceptors (Lipinski definition) is 3. The lowest BCUT2D eigenvalue weighted by Crippen LogP contribution is -2.28. The van der Waals surface area contributed by atoms with Gasteiger partial charge in [-0.05, 0) is 18.2 Å². The molecule has 0 aromatic heterocycles. The molecular weight excluding hydrogens is 250 g/mol. The van der Waals surface area contributed by atoms with Gasteiger partial charge in [0.2, 0.25) is 0 Å². The Morgan fingerprint density at radius 3 is 3.23 bits per heavy atom. The minimum absolute atomic E-state index is 0.135. The fourth-order valence-electron chi connectivity index (χ4n) is 1.16. The largest absolute Gasteiger partial charge is 0.491 e. The van der Waals surface area contributed by atoms with Crippen molar-refractivity contribution in [1.29, 1.82) is 0 Å². The van der Waals surface area contributed by atoms with Crippen LogP contribution in [-0.4, -0.2) is 18.4 Å². The average Bonchev–Trinajstić information content (AvgIpc) is 2.29. The zero-order chi connectivity index (χ0) is 9.26. The van der Waals surface area contributed by atoms with Gasteiger partial charge in [0, 0.05) is 16.3 Å². The molecule has 1 unspecified atom stereocenters. The highest BCUT2D eigenvalue weighted by Gasteiger charge is 2.14. The molecule has 1 aliphatic rings. The van der Waals surface area contributed by atoms with Crippen LogP contribution in [0, 0.1) is 0 Å². The van der Waals surface area contributed by atoms with E-state index in [1.54, 1.807) is 11.8 Å². The molecule has 2 N–H and O–H groups in total. The summed E-state index contributed by atoms with van der Waals surface area (Å²) in [6, 6.07) is 6.16. The highest BCUT2D eigenvalue weighted by Crippen LogP contribution is 2.34. The van der Waals surface area contributed by atoms with E-state index in [4.69, 9.17) is 10.5 Å². The minimum atomic E-state index is 0.135. The Labute approximate surface area is 90.0 Å². The Morgan fingerprint density at radius 1 is 1.54 bits per heavy atom. The van der Waals surface area contributed by atoms with Crippen molar-refractivity contribution in [3.63, 3.8) is 0 Å². The van der Waals surface area contributed by atoms with E-state index in [0.717, 1.165) is 16.0 Å². The highest BCUT2D eigenvalue weighted by molar-refractivity contribution is 9.10. The number of ether oxygens (including phenoxy) is 1. The van der Waals surface area contributed by atoms with Gasteiger partial charge >= 0.3 is 0 Å². The number of rotatable bonds is 0. The van der Waals surface area contributed by atoms with Crippen LogP contribution in [0.15, 0.2) is 27.6 Å². The molecule has 2 nitrogen and oxygen atoms in total. The van der Waals surface area contributed by atoms with E-state index in [9.17, 15) is 0 Å². The number of benzene rings is 1. The minimum Gasteiger partial charge on any atom is -0.491 e. The molecule has 0 aliphatic carbocycles. The van der Waals surface area contributed by atoms with Crippen molar-refractivity contribution in [2.75, 3.05) is 12.4 Å². The fraction of sp³-hybridized carbons (Fsp3) is 0.333. The normalized spacial score (nSPS) is 21.5. The van der Waals surface area contributed by atoms with E-state index in [2.05, 4.69) is 22.0 Å². The van der Waals surface area contributed by atoms with Crippen molar-refractivity contribution in [3.05, 3.63) is 22.7 Å². The van der Waals surface area contributed by atoms with E-state index >= 15 is 0 Å². The van der Waals surface area contributed by atoms with Gasteiger partial charge in [0.25, 0.3) is 0 Å². The zero-order valence-electron chi connectivity index (χ0n) is 7.00. The third-order valence-corrected chi connectivity index (χ3v) is 3.53. The van der Waals surface area contributed by atoms with Gasteiger partial charge in [-0.1, -0.05) is 15.9 Å². The van der Waals surface area contributed by atoms with Gasteiger partial charge in [-0.25, -0.2) is 0 Å². The van der Waals surface area contributed by atoms with Crippen molar-refractivity contribution in [3.8, 4) is 5.75 Å². The molecule has 1 aromatic carbocycles. The molecule has 1 heterocycles. The van der Waals surface area contributed by atoms with E-state index in [1.165, 1.54) is 4.90 Å². The second-order valence-corrected chi connectivity index (χ2v) is 4.95. The average molecular weight is 260 g/mol. The molecule has 0 spiro atoms. The quantitative estimate of drug-likeness (QED) is 0.777. The topological polar surface area (TPSA) is 35.2 Å². The molecule has 1 aliphatic heterocycles. The summed E-state index contributed by atoms with van der Waals surface area (Å²) >= 11 is 5.18. The smallest absolute Gasteiger partial charge is 0.133 e. The third-order valence-electron chi connectivity index (χ3n) is 1.81. The predicted molar refractivity (Wildman–Crippen MR) is 58.3 cm³/mol. The van der Waals surface area contributed by atoms with Crippen LogP contribution in [0.1, 0.15) is 0 Å². The summed E-state index contributed by atoms with van der Waals surface area (Å²) < 4.78 is 6.63. The van der Waals surface area contributed by atoms with Crippen LogP contribution in [0.4, 0.5) is 0 Å². The van der Waals surface area contributed by atoms with Crippen LogP contribution < -0.4 is 10.5 Å². The van der Waals surface area contributed by atoms with Crippen LogP contribution in [0.5, 0.6) is 5.75 Å². The summed E-state index contributed by atoms with van der Waals surface area (Å²) in [6.45, 7) is 0.613. The third kappa shape index (κ3) is 2.18. The maximum Gasteiger partial charge on any atom is 0.133 e. The van der Waals surface area contributed by atoms with E-state index in [1.807, 2.05) is 12.1 Å². The monoisotopic (exact) mass is 259 g/mol. The summed E-state index contributed by atoms with van der Waals surface area (Å²) in [5.41, 5.74) is 5.79. The summed E-state index contributed by atoms with van der Waals surface area (Å²) in [6.07, 6.45) is 0. The van der Waals surface area contributed by atoms with Gasteiger partial charge in [-0.15, -0.1) is 11.8 Å². The number of nitrogens with two attached hydrogens (primary N) is 1. The zero-order valence-corrected chi connectivity index (χ0v) is 9.40. The van der Waals surface area contributed by atoms with Crippen molar-refractivity contribution in [2.45, 2.75) is 10.9 Å². The standard InChI is InChI=1S/C9H10BrNOS/c10-6-1-2-8-9(3-6)13-5-7(11)4-12-8/h1-3,7H,4-5,11H2. The SMILES string of the molecule is NC1COc2ccc(Br)cc2SC1. The molecule has 70 valence electrons. The van der Waals surface area contributed by atoms with Crippen LogP contribution in [-0.2, 0) is 0 Å². The lowest BCUT2D eigenvalue weighted by Gasteiger charge is -2.06. The van der Waals surface area contributed by atoms with Crippen molar-refractivity contribution in [1.82, 2.24) is 0 Å². The Bertz CT molecular complexity index is 318. The van der Waals surface area contributed by atoms with E-state index in [-0.39, 0.29) is 6.04 Å². The van der Waals surface area contributed by atoms with Gasteiger partial charge < -0.3 is 10.5 Å². The maximum atomic E-state index is 5.79. The second-order valence-electron chi connectivity index (χ2n) is 2.97. The Balaban J connectivity index is 2.30. The highest BCUT2D eigenvalue weighted by atomic mass is 79.9. The molecule has 0 fully saturated rings. The number of fused-ring (bicyclic) bond motifs is 1. The lowest BCUT2D eigenvalue weighted by atomic mass is 10.3. The molecule has 1 aromatic rings. The first-order valence-corrected chi connectivity index (χ1v) is 5.84. The Morgan fingerprint density at radius 2 is 2.38 bits per heavy atom. The van der Waals surface area contributed by atoms with Crippen LogP contribution in [0.2, 0.25) is 0 Å². The van der Waals surface area contributed by atoms with Crippen LogP contribution in [0.3, 0.4) is 0 Å². The van der Waals surface area contributed by atoms with Gasteiger partial charge in [-0.3, -0.25) is 0 Å². The summed E-state index contributed by atoms with van der Waals surface area (Å²) in [5.74, 6) is 1.87. The maximum absolute atomic E-state index is 5.79. The molecule has 0 saturated heterocycles. The molecule has 0 saturated carbocycles. The number of halogens is 1. The fourth-order valence-corrected chi connectivity index (χ4v) is 2.64. The first-order valence-electron chi connectivity index (χ1n) is 4.06. The molecule has 0 amide bonds. The van der Waals surface area contributed by atoms with Crippen molar-refractivity contribution < 1.29 is 4.74 Å². The Kier molecular flexibility index (Phi) is 2.81. The number of thioether (sulfide) groups is 1. The molecule has 13 heavy (non-hydrogen) atoms. The van der Waals surface area contributed by atoms with Crippen molar-refractivity contribution in [2.24, 2.45) is 5.73 Å². The van der Waals surface area contributed by atoms with Gasteiger partial charge in [0.1, 0.15) is 12.4 Å². The van der Waals surface area contributed by atoms with Gasteiger partial charge in [-0.2, -0.15) is 0 Å². The molecular formula is C9H10BrNOS. The summed E-state index contributed by atoms with van der Waals surface area (Å²) in [4.78, 5) is 1.17.